The van der Waals surface area contributed by atoms with Crippen LogP contribution >= 0.6 is 0 Å². The highest BCUT2D eigenvalue weighted by Crippen LogP contribution is 2.04. The van der Waals surface area contributed by atoms with Gasteiger partial charge in [-0.15, -0.1) is 0 Å². The number of aromatic nitrogens is 1. The zero-order valence-electron chi connectivity index (χ0n) is 11.9. The second kappa shape index (κ2) is 7.58. The van der Waals surface area contributed by atoms with E-state index in [-0.39, 0.29) is 12.6 Å². The molecule has 21 heavy (non-hydrogen) atoms. The number of aliphatic carboxylic acids is 1. The van der Waals surface area contributed by atoms with Crippen molar-refractivity contribution < 1.29 is 14.7 Å². The molecule has 1 aromatic rings. The summed E-state index contributed by atoms with van der Waals surface area (Å²) in [5.41, 5.74) is 0.952. The average Bonchev–Trinajstić information content (AvgIpc) is 2.71. The third-order valence-corrected chi connectivity index (χ3v) is 3.40. The number of nitrogens with one attached hydrogen (secondary N) is 1. The van der Waals surface area contributed by atoms with Crippen molar-refractivity contribution in [3.8, 4) is 0 Å². The molecule has 114 valence electrons. The zero-order chi connectivity index (χ0) is 15.1. The number of carboxylic acids is 1. The minimum Gasteiger partial charge on any atom is -0.480 e. The Hall–Kier alpha value is -2.15. The molecule has 0 spiro atoms. The number of hydrogen-bond acceptors (Lipinski definition) is 4. The molecule has 7 heteroatoms. The van der Waals surface area contributed by atoms with Crippen molar-refractivity contribution in [2.45, 2.75) is 13.0 Å². The van der Waals surface area contributed by atoms with Crippen LogP contribution in [0.15, 0.2) is 24.5 Å². The number of rotatable bonds is 4. The van der Waals surface area contributed by atoms with Crippen LogP contribution in [0.25, 0.3) is 0 Å². The fourth-order valence-corrected chi connectivity index (χ4v) is 2.32. The van der Waals surface area contributed by atoms with Crippen molar-refractivity contribution in [3.63, 3.8) is 0 Å². The molecule has 1 fully saturated rings. The first-order chi connectivity index (χ1) is 10.1. The van der Waals surface area contributed by atoms with E-state index in [1.54, 1.807) is 17.3 Å². The zero-order valence-corrected chi connectivity index (χ0v) is 11.9. The number of pyridine rings is 1. The first-order valence-corrected chi connectivity index (χ1v) is 7.01. The second-order valence-corrected chi connectivity index (χ2v) is 5.03. The smallest absolute Gasteiger partial charge is 0.317 e. The third kappa shape index (κ3) is 5.03. The summed E-state index contributed by atoms with van der Waals surface area (Å²) in [6, 6.07) is 3.62. The predicted molar refractivity (Wildman–Crippen MR) is 76.7 cm³/mol. The maximum atomic E-state index is 12.1. The monoisotopic (exact) mass is 292 g/mol. The number of urea groups is 1. The first kappa shape index (κ1) is 15.2. The quantitative estimate of drug-likeness (QED) is 0.838. The molecule has 0 unspecified atom stereocenters. The average molecular weight is 292 g/mol. The molecule has 0 atom stereocenters. The highest BCUT2D eigenvalue weighted by molar-refractivity contribution is 5.74. The van der Waals surface area contributed by atoms with Gasteiger partial charge in [-0.05, 0) is 18.1 Å². The lowest BCUT2D eigenvalue weighted by Crippen LogP contribution is -2.42. The van der Waals surface area contributed by atoms with Gasteiger partial charge in [0.1, 0.15) is 0 Å². The Bertz CT molecular complexity index is 480. The fourth-order valence-electron chi connectivity index (χ4n) is 2.32. The minimum atomic E-state index is -0.829. The molecule has 1 aromatic heterocycles. The Morgan fingerprint density at radius 1 is 1.29 bits per heavy atom. The molecule has 2 heterocycles. The normalized spacial score (nSPS) is 16.3. The molecule has 2 N–H and O–H groups in total. The molecule has 1 saturated heterocycles. The summed E-state index contributed by atoms with van der Waals surface area (Å²) < 4.78 is 0. The van der Waals surface area contributed by atoms with Gasteiger partial charge in [0, 0.05) is 45.1 Å². The number of carbonyl (C=O) groups excluding carboxylic acids is 1. The van der Waals surface area contributed by atoms with Crippen LogP contribution < -0.4 is 5.32 Å². The Morgan fingerprint density at radius 3 is 2.86 bits per heavy atom. The van der Waals surface area contributed by atoms with E-state index >= 15 is 0 Å². The first-order valence-electron chi connectivity index (χ1n) is 7.01. The maximum Gasteiger partial charge on any atom is 0.317 e. The standard InChI is InChI=1S/C14H20N4O3/c19-13(20)11-17-5-2-6-18(8-7-17)14(21)16-10-12-3-1-4-15-9-12/h1,3-4,9H,2,5-8,10-11H2,(H,16,21)(H,19,20). The second-order valence-electron chi connectivity index (χ2n) is 5.03. The highest BCUT2D eigenvalue weighted by Gasteiger charge is 2.19. The molecule has 7 nitrogen and oxygen atoms in total. The van der Waals surface area contributed by atoms with E-state index in [2.05, 4.69) is 10.3 Å². The van der Waals surface area contributed by atoms with E-state index < -0.39 is 5.97 Å². The summed E-state index contributed by atoms with van der Waals surface area (Å²) in [5.74, 6) is -0.829. The lowest BCUT2D eigenvalue weighted by molar-refractivity contribution is -0.138. The van der Waals surface area contributed by atoms with Gasteiger partial charge >= 0.3 is 12.0 Å². The van der Waals surface area contributed by atoms with Crippen LogP contribution in [0, 0.1) is 0 Å². The third-order valence-electron chi connectivity index (χ3n) is 3.40. The van der Waals surface area contributed by atoms with Gasteiger partial charge in [0.15, 0.2) is 0 Å². The van der Waals surface area contributed by atoms with Crippen molar-refractivity contribution in [1.29, 1.82) is 0 Å². The van der Waals surface area contributed by atoms with Crippen LogP contribution in [0.4, 0.5) is 4.79 Å². The molecule has 0 saturated carbocycles. The summed E-state index contributed by atoms with van der Waals surface area (Å²) in [6.07, 6.45) is 4.20. The van der Waals surface area contributed by atoms with Crippen LogP contribution in [0.2, 0.25) is 0 Å². The van der Waals surface area contributed by atoms with Crippen molar-refractivity contribution in [3.05, 3.63) is 30.1 Å². The van der Waals surface area contributed by atoms with E-state index in [0.29, 0.717) is 32.7 Å². The molecule has 1 aliphatic heterocycles. The lowest BCUT2D eigenvalue weighted by atomic mass is 10.3. The molecule has 1 aliphatic rings. The highest BCUT2D eigenvalue weighted by atomic mass is 16.4. The topological polar surface area (TPSA) is 85.8 Å². The van der Waals surface area contributed by atoms with Crippen LogP contribution in [-0.2, 0) is 11.3 Å². The largest absolute Gasteiger partial charge is 0.480 e. The van der Waals surface area contributed by atoms with Crippen molar-refractivity contribution in [2.75, 3.05) is 32.7 Å². The van der Waals surface area contributed by atoms with Gasteiger partial charge in [-0.1, -0.05) is 6.07 Å². The Morgan fingerprint density at radius 2 is 2.14 bits per heavy atom. The van der Waals surface area contributed by atoms with Crippen LogP contribution in [0.1, 0.15) is 12.0 Å². The van der Waals surface area contributed by atoms with Crippen LogP contribution in [0.3, 0.4) is 0 Å². The fraction of sp³-hybridized carbons (Fsp3) is 0.500. The molecule has 0 aromatic carbocycles. The van der Waals surface area contributed by atoms with Gasteiger partial charge in [-0.2, -0.15) is 0 Å². The summed E-state index contributed by atoms with van der Waals surface area (Å²) >= 11 is 0. The SMILES string of the molecule is O=C(O)CN1CCCN(C(=O)NCc2cccnc2)CC1. The van der Waals surface area contributed by atoms with Crippen molar-refractivity contribution in [2.24, 2.45) is 0 Å². The molecular weight excluding hydrogens is 272 g/mol. The molecule has 2 rings (SSSR count). The minimum absolute atomic E-state index is 0.0329. The molecule has 0 bridgehead atoms. The van der Waals surface area contributed by atoms with Gasteiger partial charge in [-0.3, -0.25) is 14.7 Å². The van der Waals surface area contributed by atoms with E-state index in [4.69, 9.17) is 5.11 Å². The summed E-state index contributed by atoms with van der Waals surface area (Å²) in [6.45, 7) is 2.97. The molecule has 0 aliphatic carbocycles. The van der Waals surface area contributed by atoms with Gasteiger partial charge in [0.2, 0.25) is 0 Å². The summed E-state index contributed by atoms with van der Waals surface area (Å²) in [5, 5.41) is 11.7. The lowest BCUT2D eigenvalue weighted by Gasteiger charge is -2.21. The van der Waals surface area contributed by atoms with E-state index in [1.165, 1.54) is 0 Å². The van der Waals surface area contributed by atoms with Gasteiger partial charge in [-0.25, -0.2) is 4.79 Å². The Balaban J connectivity index is 1.79. The number of hydrogen-bond donors (Lipinski definition) is 2. The van der Waals surface area contributed by atoms with Crippen LogP contribution in [-0.4, -0.2) is 64.6 Å². The van der Waals surface area contributed by atoms with Crippen molar-refractivity contribution in [1.82, 2.24) is 20.1 Å². The maximum absolute atomic E-state index is 12.1. The Labute approximate surface area is 123 Å². The van der Waals surface area contributed by atoms with Gasteiger partial charge < -0.3 is 15.3 Å². The van der Waals surface area contributed by atoms with Crippen LogP contribution in [0.5, 0.6) is 0 Å². The van der Waals surface area contributed by atoms with Gasteiger partial charge in [0.25, 0.3) is 0 Å². The summed E-state index contributed by atoms with van der Waals surface area (Å²) in [7, 11) is 0. The number of amides is 2. The van der Waals surface area contributed by atoms with E-state index in [1.807, 2.05) is 17.0 Å². The van der Waals surface area contributed by atoms with Gasteiger partial charge in [0.05, 0.1) is 6.54 Å². The number of carbonyl (C=O) groups is 2. The van der Waals surface area contributed by atoms with E-state index in [0.717, 1.165) is 12.0 Å². The number of nitrogens with zero attached hydrogens (tertiary/aromatic N) is 3. The Kier molecular flexibility index (Phi) is 5.51. The summed E-state index contributed by atoms with van der Waals surface area (Å²) in [4.78, 5) is 30.4. The van der Waals surface area contributed by atoms with Crippen molar-refractivity contribution >= 4 is 12.0 Å². The van der Waals surface area contributed by atoms with E-state index in [9.17, 15) is 9.59 Å². The molecule has 0 radical (unpaired) electrons. The number of carboxylic acid groups (broad SMARTS) is 1. The molecular formula is C14H20N4O3. The predicted octanol–water partition coefficient (Wildman–Crippen LogP) is 0.384. The molecule has 2 amide bonds.